The van der Waals surface area contributed by atoms with Crippen LogP contribution in [0.2, 0.25) is 0 Å². The fraction of sp³-hybridized carbons (Fsp3) is 0. The third-order valence-corrected chi connectivity index (χ3v) is 10.9. The van der Waals surface area contributed by atoms with E-state index in [0.717, 1.165) is 97.1 Å². The Kier molecular flexibility index (Phi) is 11.9. The van der Waals surface area contributed by atoms with Crippen molar-refractivity contribution >= 4 is 69.3 Å². The maximum absolute atomic E-state index is 16.8. The minimum absolute atomic E-state index is 0. The monoisotopic (exact) mass is 987 g/mol. The zero-order valence-electron chi connectivity index (χ0n) is 33.8. The van der Waals surface area contributed by atoms with Gasteiger partial charge < -0.3 is 30.4 Å². The Labute approximate surface area is 389 Å². The average Bonchev–Trinajstić information content (AvgIpc) is 3.98. The van der Waals surface area contributed by atoms with Gasteiger partial charge >= 0.3 is 40.9 Å². The number of halogens is 8. The summed E-state index contributed by atoms with van der Waals surface area (Å²) in [4.78, 5) is 63.4. The zero-order valence-corrected chi connectivity index (χ0v) is 35.0. The molecule has 7 aromatic rings. The third kappa shape index (κ3) is 7.68. The van der Waals surface area contributed by atoms with Gasteiger partial charge in [0.2, 0.25) is 0 Å². The standard InChI is InChI=1S/C48H22F8N4O8.Mn/c49-29-31(51)39-26(18-3-11-22(12-4-18)46(63)64)41-33(53)35(55)43(59-41)28(20-7-15-24(16-8-20)48(67)68)44-36(56)34(54)42(60-44)27(19-5-13-23(14-6-19)47(65)66)40-32(52)30(50)38(58-40)25(37(29)57-39)17-1-9-21(10-2-17)45(61)62;/h1-16H,(H6,57,58,59,60,61,62,63,64,65,66,67,68);/q;+2/p-2. The molecule has 0 saturated carbocycles. The number of nitrogens with zero attached hydrogens (tertiary/aromatic N) is 4. The molecular weight excluding hydrogens is 967 g/mol. The fourth-order valence-electron chi connectivity index (χ4n) is 7.66. The number of benzene rings is 4. The summed E-state index contributed by atoms with van der Waals surface area (Å²) in [5.41, 5.74) is -16.4. The van der Waals surface area contributed by atoms with E-state index in [2.05, 4.69) is 19.9 Å². The average molecular weight is 988 g/mol. The van der Waals surface area contributed by atoms with Gasteiger partial charge in [-0.15, -0.1) is 0 Å². The topological polar surface area (TPSA) is 203 Å². The van der Waals surface area contributed by atoms with E-state index in [1.165, 1.54) is 0 Å². The zero-order chi connectivity index (χ0) is 48.6. The predicted molar refractivity (Wildman–Crippen MR) is 226 cm³/mol. The molecule has 0 amide bonds. The quantitative estimate of drug-likeness (QED) is 0.0830. The summed E-state index contributed by atoms with van der Waals surface area (Å²) >= 11 is 0. The van der Waals surface area contributed by atoms with Crippen LogP contribution in [-0.2, 0) is 17.1 Å². The molecule has 8 bridgehead atoms. The Balaban J connectivity index is 0.00000642. The molecule has 0 unspecified atom stereocenters. The molecule has 4 N–H and O–H groups in total. The van der Waals surface area contributed by atoms with Crippen molar-refractivity contribution in [3.8, 4) is 44.5 Å². The van der Waals surface area contributed by atoms with Crippen LogP contribution in [-0.4, -0.2) is 54.3 Å². The van der Waals surface area contributed by atoms with Crippen LogP contribution >= 0.6 is 0 Å². The van der Waals surface area contributed by atoms with E-state index < -0.39 is 160 Å². The summed E-state index contributed by atoms with van der Waals surface area (Å²) in [7, 11) is 0. The maximum Gasteiger partial charge on any atom is 2.00 e. The van der Waals surface area contributed by atoms with E-state index in [0.29, 0.717) is 0 Å². The molecule has 1 radical (unpaired) electrons. The number of rotatable bonds is 8. The Morgan fingerprint density at radius 3 is 0.667 bits per heavy atom. The van der Waals surface area contributed by atoms with Crippen molar-refractivity contribution in [1.29, 1.82) is 0 Å². The number of carbonyl (C=O) groups is 4. The molecule has 12 nitrogen and oxygen atoms in total. The first kappa shape index (κ1) is 46.8. The summed E-state index contributed by atoms with van der Waals surface area (Å²) in [6, 6.07) is 15.2. The molecule has 2 aliphatic heterocycles. The molecule has 0 saturated heterocycles. The molecule has 5 heterocycles. The second kappa shape index (κ2) is 17.5. The molecule has 0 aliphatic carbocycles. The van der Waals surface area contributed by atoms with Crippen LogP contribution in [0.25, 0.3) is 89.9 Å². The minimum atomic E-state index is -1.95. The van der Waals surface area contributed by atoms with Crippen LogP contribution in [0, 0.1) is 23.3 Å². The molecule has 2 aliphatic rings. The van der Waals surface area contributed by atoms with Gasteiger partial charge in [0.1, 0.15) is 46.0 Å². The Morgan fingerprint density at radius 2 is 0.507 bits per heavy atom. The largest absolute Gasteiger partial charge is 2.00 e. The number of carboxylic acid groups (broad SMARTS) is 4. The maximum atomic E-state index is 16.8. The van der Waals surface area contributed by atoms with Crippen molar-refractivity contribution in [2.24, 2.45) is 0 Å². The number of hydrogen-bond acceptors (Lipinski definition) is 6. The summed E-state index contributed by atoms with van der Waals surface area (Å²) in [5.74, 6) is -21.5. The van der Waals surface area contributed by atoms with Gasteiger partial charge in [0.15, 0.2) is 23.3 Å². The van der Waals surface area contributed by atoms with Crippen molar-refractivity contribution in [2.75, 3.05) is 0 Å². The van der Waals surface area contributed by atoms with Gasteiger partial charge in [-0.1, -0.05) is 70.6 Å². The van der Waals surface area contributed by atoms with Crippen molar-refractivity contribution in [2.45, 2.75) is 0 Å². The van der Waals surface area contributed by atoms with Gasteiger partial charge in [-0.2, -0.15) is 0 Å². The molecule has 21 heteroatoms. The van der Waals surface area contributed by atoms with Crippen LogP contribution in [0.4, 0.5) is 35.1 Å². The summed E-state index contributed by atoms with van der Waals surface area (Å²) in [6.45, 7) is 0. The van der Waals surface area contributed by atoms with Gasteiger partial charge in [0.25, 0.3) is 0 Å². The Bertz CT molecular complexity index is 3180. The number of hydrogen-bond donors (Lipinski definition) is 4. The minimum Gasteiger partial charge on any atom is -0.652 e. The van der Waals surface area contributed by atoms with Gasteiger partial charge in [0.05, 0.1) is 22.3 Å². The number of carboxylic acids is 4. The van der Waals surface area contributed by atoms with Gasteiger partial charge in [-0.05, 0) is 93.0 Å². The van der Waals surface area contributed by atoms with Crippen LogP contribution in [0.15, 0.2) is 97.1 Å². The summed E-state index contributed by atoms with van der Waals surface area (Å²) in [5, 5.41) is 38.3. The second-order valence-corrected chi connectivity index (χ2v) is 14.8. The molecule has 69 heavy (non-hydrogen) atoms. The molecule has 343 valence electrons. The van der Waals surface area contributed by atoms with Crippen LogP contribution in [0.1, 0.15) is 64.2 Å². The van der Waals surface area contributed by atoms with E-state index in [1.807, 2.05) is 0 Å². The molecule has 0 atom stereocenters. The molecular formula is C48H20F8MnN4O8. The van der Waals surface area contributed by atoms with Gasteiger partial charge in [-0.3, -0.25) is 0 Å². The van der Waals surface area contributed by atoms with E-state index in [1.54, 1.807) is 0 Å². The third-order valence-electron chi connectivity index (χ3n) is 10.9. The SMILES string of the molecule is O=C(O)c1ccc(-c2c3nc(c(-c4ccc(C(=O)O)cc4)c4[n-]c(c(F)c4F)c(-c4ccc(C(=O)O)cc4)c4nc(c(-c5ccc(C(=O)O)cc5)c5[n-]c2c(F)c5F)C(F)=C4F)C(F)=C3F)cc1.[Mn+2]. The smallest absolute Gasteiger partial charge is 0.652 e. The molecule has 0 spiro atoms. The molecule has 4 aromatic carbocycles. The van der Waals surface area contributed by atoms with Crippen molar-refractivity contribution < 1.29 is 91.8 Å². The first-order valence-electron chi connectivity index (χ1n) is 19.3. The molecule has 9 rings (SSSR count). The van der Waals surface area contributed by atoms with E-state index in [4.69, 9.17) is 0 Å². The number of aromatic nitrogens is 4. The van der Waals surface area contributed by atoms with Gasteiger partial charge in [-0.25, -0.2) is 64.3 Å². The normalized spacial score (nSPS) is 12.3. The second-order valence-electron chi connectivity index (χ2n) is 14.8. The van der Waals surface area contributed by atoms with E-state index in [9.17, 15) is 39.6 Å². The number of fused-ring (bicyclic) bond motifs is 8. The fourth-order valence-corrected chi connectivity index (χ4v) is 7.66. The first-order valence-corrected chi connectivity index (χ1v) is 19.3. The molecule has 3 aromatic heterocycles. The van der Waals surface area contributed by atoms with Crippen LogP contribution in [0.3, 0.4) is 0 Å². The van der Waals surface area contributed by atoms with Crippen molar-refractivity contribution in [3.63, 3.8) is 0 Å². The van der Waals surface area contributed by atoms with Crippen LogP contribution < -0.4 is 9.97 Å². The van der Waals surface area contributed by atoms with Gasteiger partial charge in [0, 0.05) is 0 Å². The van der Waals surface area contributed by atoms with Crippen molar-refractivity contribution in [3.05, 3.63) is 165 Å². The van der Waals surface area contributed by atoms with E-state index in [-0.39, 0.29) is 39.3 Å². The summed E-state index contributed by atoms with van der Waals surface area (Å²) < 4.78 is 134. The first-order chi connectivity index (χ1) is 32.4. The molecule has 0 fully saturated rings. The van der Waals surface area contributed by atoms with Crippen LogP contribution in [0.5, 0.6) is 0 Å². The van der Waals surface area contributed by atoms with E-state index >= 15 is 35.1 Å². The number of aromatic carboxylic acids is 4. The Morgan fingerprint density at radius 1 is 0.333 bits per heavy atom. The predicted octanol–water partition coefficient (Wildman–Crippen LogP) is 11.1. The Hall–Kier alpha value is -8.68. The summed E-state index contributed by atoms with van der Waals surface area (Å²) in [6.07, 6.45) is 0. The van der Waals surface area contributed by atoms with Crippen molar-refractivity contribution in [1.82, 2.24) is 19.9 Å².